The van der Waals surface area contributed by atoms with Crippen LogP contribution in [-0.2, 0) is 40.1 Å². The van der Waals surface area contributed by atoms with Crippen LogP contribution in [0, 0.1) is 0 Å². The van der Waals surface area contributed by atoms with Gasteiger partial charge in [-0.05, 0) is 52.0 Å². The molecule has 1 aromatic carbocycles. The van der Waals surface area contributed by atoms with Crippen molar-refractivity contribution in [2.75, 3.05) is 13.1 Å². The number of ether oxygens (including phenoxy) is 2. The van der Waals surface area contributed by atoms with Crippen LogP contribution in [0.25, 0.3) is 0 Å². The maximum Gasteiger partial charge on any atom is 0.490 e. The molecule has 16 nitrogen and oxygen atoms in total. The summed E-state index contributed by atoms with van der Waals surface area (Å²) < 4.78 is 42.3. The van der Waals surface area contributed by atoms with E-state index < -0.39 is 72.1 Å². The molecule has 19 heteroatoms. The minimum Gasteiger partial charge on any atom is -0.480 e. The second-order valence-electron chi connectivity index (χ2n) is 11.4. The monoisotopic (exact) mass is 690 g/mol. The van der Waals surface area contributed by atoms with E-state index in [0.717, 1.165) is 5.56 Å². The summed E-state index contributed by atoms with van der Waals surface area (Å²) in [5, 5.41) is 21.6. The van der Waals surface area contributed by atoms with Crippen LogP contribution in [0.4, 0.5) is 18.0 Å². The van der Waals surface area contributed by atoms with Crippen molar-refractivity contribution in [3.63, 3.8) is 0 Å². The summed E-state index contributed by atoms with van der Waals surface area (Å²) in [5.41, 5.74) is 10.4. The highest BCUT2D eigenvalue weighted by Gasteiger charge is 2.40. The Labute approximate surface area is 274 Å². The first-order chi connectivity index (χ1) is 22.2. The number of rotatable bonds is 13. The van der Waals surface area contributed by atoms with Crippen LogP contribution in [0.5, 0.6) is 0 Å². The van der Waals surface area contributed by atoms with Crippen LogP contribution in [0.2, 0.25) is 0 Å². The Kier molecular flexibility index (Phi) is 16.1. The molecule has 268 valence electrons. The lowest BCUT2D eigenvalue weighted by Gasteiger charge is -2.29. The van der Waals surface area contributed by atoms with Gasteiger partial charge in [0, 0.05) is 13.1 Å². The molecule has 0 aliphatic carbocycles. The third kappa shape index (κ3) is 15.9. The van der Waals surface area contributed by atoms with E-state index in [1.807, 2.05) is 6.07 Å². The smallest absolute Gasteiger partial charge is 0.480 e. The van der Waals surface area contributed by atoms with Crippen LogP contribution in [0.3, 0.4) is 0 Å². The number of alkyl halides is 3. The number of esters is 1. The Balaban J connectivity index is 0.00000148. The number of hydrogen-bond acceptors (Lipinski definition) is 9. The lowest BCUT2D eigenvalue weighted by atomic mass is 10.1. The van der Waals surface area contributed by atoms with Crippen molar-refractivity contribution in [1.29, 1.82) is 0 Å². The molecule has 0 radical (unpaired) electrons. The number of aliphatic imine (C=N–C) groups is 1. The van der Waals surface area contributed by atoms with E-state index in [0.29, 0.717) is 12.8 Å². The van der Waals surface area contributed by atoms with Crippen LogP contribution < -0.4 is 22.1 Å². The minimum absolute atomic E-state index is 0.0263. The molecular weight excluding hydrogens is 649 g/mol. The van der Waals surface area contributed by atoms with Crippen molar-refractivity contribution in [3.8, 4) is 0 Å². The number of benzene rings is 1. The standard InChI is InChI=1S/C27H40N6O8.C2HF3O2/c1-27(2,3)41-26(39)32-19(15-21(34)40-16-17-9-5-4-6-10-17)23(36)33-14-8-12-20(33)22(35)31-18(24(37)38)11-7-13-30-25(28)29;3-2(4,5)1(6)7/h4-6,9-10,18-20H,7-8,11-16H2,1-3H3,(H,31,35)(H,32,39)(H,37,38)(H4,28,29,30);(H,6,7). The first kappa shape index (κ1) is 40.9. The fourth-order valence-corrected chi connectivity index (χ4v) is 4.15. The normalized spacial score (nSPS) is 15.5. The summed E-state index contributed by atoms with van der Waals surface area (Å²) in [7, 11) is 0. The quantitative estimate of drug-likeness (QED) is 0.0741. The van der Waals surface area contributed by atoms with E-state index in [2.05, 4.69) is 15.6 Å². The van der Waals surface area contributed by atoms with Crippen molar-refractivity contribution in [2.45, 2.75) is 89.4 Å². The molecule has 3 atom stereocenters. The van der Waals surface area contributed by atoms with Gasteiger partial charge in [0.05, 0.1) is 6.42 Å². The summed E-state index contributed by atoms with van der Waals surface area (Å²) in [6.07, 6.45) is -5.40. The molecule has 1 aliphatic heterocycles. The van der Waals surface area contributed by atoms with Crippen molar-refractivity contribution in [1.82, 2.24) is 15.5 Å². The number of amides is 3. The number of nitrogens with two attached hydrogens (primary N) is 2. The van der Waals surface area contributed by atoms with Gasteiger partial charge in [0.25, 0.3) is 0 Å². The molecule has 1 aromatic rings. The summed E-state index contributed by atoms with van der Waals surface area (Å²) in [6.45, 7) is 5.28. The van der Waals surface area contributed by atoms with Gasteiger partial charge in [-0.2, -0.15) is 13.2 Å². The number of halogens is 3. The van der Waals surface area contributed by atoms with Gasteiger partial charge in [-0.3, -0.25) is 19.4 Å². The number of carboxylic acid groups (broad SMARTS) is 2. The number of hydrogen-bond donors (Lipinski definition) is 6. The molecule has 0 spiro atoms. The van der Waals surface area contributed by atoms with E-state index in [9.17, 15) is 42.3 Å². The van der Waals surface area contributed by atoms with Gasteiger partial charge < -0.3 is 46.7 Å². The summed E-state index contributed by atoms with van der Waals surface area (Å²) in [5.74, 6) is -6.22. The van der Waals surface area contributed by atoms with Gasteiger partial charge in [-0.1, -0.05) is 30.3 Å². The zero-order valence-corrected chi connectivity index (χ0v) is 26.6. The largest absolute Gasteiger partial charge is 0.490 e. The predicted octanol–water partition coefficient (Wildman–Crippen LogP) is 1.26. The lowest BCUT2D eigenvalue weighted by Crippen LogP contribution is -2.56. The van der Waals surface area contributed by atoms with Crippen molar-refractivity contribution in [3.05, 3.63) is 35.9 Å². The van der Waals surface area contributed by atoms with Gasteiger partial charge >= 0.3 is 30.2 Å². The molecule has 0 saturated carbocycles. The van der Waals surface area contributed by atoms with E-state index >= 15 is 0 Å². The molecule has 1 saturated heterocycles. The second kappa shape index (κ2) is 18.9. The molecule has 48 heavy (non-hydrogen) atoms. The first-order valence-electron chi connectivity index (χ1n) is 14.6. The summed E-state index contributed by atoms with van der Waals surface area (Å²) in [4.78, 5) is 77.5. The predicted molar refractivity (Wildman–Crippen MR) is 162 cm³/mol. The number of aliphatic carboxylic acids is 2. The van der Waals surface area contributed by atoms with E-state index in [1.165, 1.54) is 4.90 Å². The molecule has 1 heterocycles. The summed E-state index contributed by atoms with van der Waals surface area (Å²) in [6, 6.07) is 5.34. The molecule has 8 N–H and O–H groups in total. The number of carbonyl (C=O) groups is 6. The number of nitrogens with one attached hydrogen (secondary N) is 2. The molecular formula is C29H41F3N6O10. The Morgan fingerprint density at radius 1 is 1.02 bits per heavy atom. The number of carboxylic acids is 2. The van der Waals surface area contributed by atoms with Crippen LogP contribution >= 0.6 is 0 Å². The van der Waals surface area contributed by atoms with Gasteiger partial charge in [0.1, 0.15) is 30.3 Å². The Hall–Kier alpha value is -5.10. The zero-order chi connectivity index (χ0) is 36.7. The third-order valence-electron chi connectivity index (χ3n) is 6.24. The number of alkyl carbamates (subject to hydrolysis) is 1. The molecule has 1 aliphatic rings. The SMILES string of the molecule is CC(C)(C)OC(=O)NC(CC(=O)OCc1ccccc1)C(=O)N1CCCC1C(=O)NC(CCCN=C(N)N)C(=O)O.O=C(O)C(F)(F)F. The molecule has 0 aromatic heterocycles. The van der Waals surface area contributed by atoms with Crippen molar-refractivity contribution in [2.24, 2.45) is 16.5 Å². The van der Waals surface area contributed by atoms with Crippen LogP contribution in [0.1, 0.15) is 58.4 Å². The van der Waals surface area contributed by atoms with E-state index in [-0.39, 0.29) is 38.5 Å². The fraction of sp³-hybridized carbons (Fsp3) is 0.552. The van der Waals surface area contributed by atoms with Crippen LogP contribution in [0.15, 0.2) is 35.3 Å². The average molecular weight is 691 g/mol. The van der Waals surface area contributed by atoms with Gasteiger partial charge in [0.2, 0.25) is 11.8 Å². The first-order valence-corrected chi connectivity index (χ1v) is 14.6. The highest BCUT2D eigenvalue weighted by Crippen LogP contribution is 2.21. The average Bonchev–Trinajstić information content (AvgIpc) is 3.46. The highest BCUT2D eigenvalue weighted by atomic mass is 19.4. The molecule has 0 bridgehead atoms. The maximum atomic E-state index is 13.6. The molecule has 1 fully saturated rings. The minimum atomic E-state index is -5.08. The van der Waals surface area contributed by atoms with Crippen LogP contribution in [-0.4, -0.2) is 99.9 Å². The molecule has 3 unspecified atom stereocenters. The molecule has 3 amide bonds. The maximum absolute atomic E-state index is 13.6. The third-order valence-corrected chi connectivity index (χ3v) is 6.24. The van der Waals surface area contributed by atoms with E-state index in [4.69, 9.17) is 30.8 Å². The number of nitrogens with zero attached hydrogens (tertiary/aromatic N) is 2. The van der Waals surface area contributed by atoms with Gasteiger partial charge in [-0.15, -0.1) is 0 Å². The number of carbonyl (C=O) groups excluding carboxylic acids is 4. The summed E-state index contributed by atoms with van der Waals surface area (Å²) >= 11 is 0. The Morgan fingerprint density at radius 2 is 1.62 bits per heavy atom. The Bertz CT molecular complexity index is 1300. The highest BCUT2D eigenvalue weighted by molar-refractivity contribution is 5.95. The Morgan fingerprint density at radius 3 is 2.15 bits per heavy atom. The number of likely N-dealkylation sites (tertiary alicyclic amines) is 1. The molecule has 2 rings (SSSR count). The van der Waals surface area contributed by atoms with Crippen molar-refractivity contribution < 1.29 is 61.6 Å². The van der Waals surface area contributed by atoms with E-state index in [1.54, 1.807) is 45.0 Å². The second-order valence-corrected chi connectivity index (χ2v) is 11.4. The number of guanidine groups is 1. The lowest BCUT2D eigenvalue weighted by molar-refractivity contribution is -0.192. The fourth-order valence-electron chi connectivity index (χ4n) is 4.15. The van der Waals surface area contributed by atoms with Crippen molar-refractivity contribution >= 4 is 41.8 Å². The zero-order valence-electron chi connectivity index (χ0n) is 26.6. The topological polar surface area (TPSA) is 253 Å². The van der Waals surface area contributed by atoms with Gasteiger partial charge in [-0.25, -0.2) is 14.4 Å². The van der Waals surface area contributed by atoms with Gasteiger partial charge in [0.15, 0.2) is 5.96 Å².